The minimum absolute atomic E-state index is 0.323. The van der Waals surface area contributed by atoms with Crippen molar-refractivity contribution in [3.05, 3.63) is 24.8 Å². The minimum atomic E-state index is 0.323. The quantitative estimate of drug-likeness (QED) is 0.359. The van der Waals surface area contributed by atoms with Crippen molar-refractivity contribution in [3.8, 4) is 0 Å². The van der Waals surface area contributed by atoms with Gasteiger partial charge in [-0.2, -0.15) is 0 Å². The summed E-state index contributed by atoms with van der Waals surface area (Å²) in [6.45, 7) is 7.40. The second kappa shape index (κ2) is 2.79. The Labute approximate surface area is 38.8 Å². The number of rotatable bonds is 2. The normalized spacial score (nSPS) is 8.17. The highest BCUT2D eigenvalue weighted by Crippen LogP contribution is 1.92. The zero-order valence-corrected chi connectivity index (χ0v) is 3.83. The van der Waals surface area contributed by atoms with E-state index in [0.717, 1.165) is 5.57 Å². The van der Waals surface area contributed by atoms with Crippen LogP contribution >= 0.6 is 0 Å². The highest BCUT2D eigenvalue weighted by molar-refractivity contribution is 4.99. The van der Waals surface area contributed by atoms with E-state index in [9.17, 15) is 0 Å². The third-order valence-corrected chi connectivity index (χ3v) is 0.604. The summed E-state index contributed by atoms with van der Waals surface area (Å²) in [5.41, 5.74) is 7.57. The van der Waals surface area contributed by atoms with Crippen LogP contribution in [0.5, 0.6) is 0 Å². The van der Waals surface area contributed by atoms with E-state index in [1.54, 1.807) is 0 Å². The van der Waals surface area contributed by atoms with Crippen molar-refractivity contribution >= 4 is 0 Å². The van der Waals surface area contributed by atoms with Gasteiger partial charge in [-0.25, -0.2) is 0 Å². The molecule has 0 saturated heterocycles. The summed E-state index contributed by atoms with van der Waals surface area (Å²) >= 11 is 0. The van der Waals surface area contributed by atoms with Crippen molar-refractivity contribution in [2.45, 2.75) is 6.42 Å². The van der Waals surface area contributed by atoms with Crippen molar-refractivity contribution in [2.24, 2.45) is 0 Å². The lowest BCUT2D eigenvalue weighted by molar-refractivity contribution is 1.19. The summed E-state index contributed by atoms with van der Waals surface area (Å²) in [6, 6.07) is 0. The molecule has 0 saturated carbocycles. The zero-order valence-electron chi connectivity index (χ0n) is 3.83. The van der Waals surface area contributed by atoms with E-state index in [2.05, 4.69) is 13.5 Å². The van der Waals surface area contributed by atoms with Crippen LogP contribution in [0.3, 0.4) is 0 Å². The molecule has 1 nitrogen and oxygen atoms in total. The Kier molecular flexibility index (Phi) is 2.59. The maximum atomic E-state index is 6.67. The lowest BCUT2D eigenvalue weighted by atomic mass is 10.2. The van der Waals surface area contributed by atoms with Gasteiger partial charge in [0.05, 0.1) is 6.92 Å². The third-order valence-electron chi connectivity index (χ3n) is 0.604. The molecule has 0 aromatic rings. The van der Waals surface area contributed by atoms with E-state index < -0.39 is 0 Å². The molecule has 0 amide bonds. The highest BCUT2D eigenvalue weighted by atomic mass is 14.5. The largest absolute Gasteiger partial charge is 0.674 e. The Hall–Kier alpha value is -0.430. The first-order chi connectivity index (χ1) is 2.81. The van der Waals surface area contributed by atoms with Gasteiger partial charge in [-0.15, -0.1) is 6.54 Å². The van der Waals surface area contributed by atoms with Gasteiger partial charge in [0.25, 0.3) is 0 Å². The molecule has 1 heteroatoms. The molecule has 6 heavy (non-hydrogen) atoms. The molecule has 0 rings (SSSR count). The lowest BCUT2D eigenvalue weighted by Crippen LogP contribution is -1.76. The average molecular weight is 83.1 g/mol. The van der Waals surface area contributed by atoms with E-state index in [1.165, 1.54) is 0 Å². The van der Waals surface area contributed by atoms with Crippen LogP contribution < -0.4 is 0 Å². The van der Waals surface area contributed by atoms with E-state index in [-0.39, 0.29) is 0 Å². The zero-order chi connectivity index (χ0) is 4.99. The molecule has 0 fully saturated rings. The smallest absolute Gasteiger partial charge is 0.104 e. The van der Waals surface area contributed by atoms with Crippen molar-refractivity contribution in [2.75, 3.05) is 6.54 Å². The van der Waals surface area contributed by atoms with Crippen LogP contribution in [-0.4, -0.2) is 6.54 Å². The molecule has 0 aliphatic rings. The SMILES string of the molecule is C=C(C[CH2+])C[NH-]. The first-order valence-corrected chi connectivity index (χ1v) is 1.91. The summed E-state index contributed by atoms with van der Waals surface area (Å²) in [5, 5.41) is 0. The van der Waals surface area contributed by atoms with Gasteiger partial charge in [-0.1, -0.05) is 12.2 Å². The van der Waals surface area contributed by atoms with Crippen molar-refractivity contribution < 1.29 is 0 Å². The van der Waals surface area contributed by atoms with E-state index >= 15 is 0 Å². The van der Waals surface area contributed by atoms with Gasteiger partial charge >= 0.3 is 0 Å². The Bertz CT molecular complexity index is 41.9. The van der Waals surface area contributed by atoms with Gasteiger partial charge in [-0.3, -0.25) is 0 Å². The Balaban J connectivity index is 2.99. The fourth-order valence-electron chi connectivity index (χ4n) is 0.0884. The van der Waals surface area contributed by atoms with Crippen LogP contribution in [0.4, 0.5) is 0 Å². The van der Waals surface area contributed by atoms with Crippen molar-refractivity contribution in [1.82, 2.24) is 0 Å². The Morgan fingerprint density at radius 1 is 1.83 bits per heavy atom. The van der Waals surface area contributed by atoms with Crippen LogP contribution in [0.1, 0.15) is 6.42 Å². The Morgan fingerprint density at radius 3 is 2.33 bits per heavy atom. The maximum absolute atomic E-state index is 6.67. The summed E-state index contributed by atoms with van der Waals surface area (Å²) in [4.78, 5) is 0. The molecule has 34 valence electrons. The van der Waals surface area contributed by atoms with Crippen molar-refractivity contribution in [3.63, 3.8) is 0 Å². The van der Waals surface area contributed by atoms with E-state index in [1.807, 2.05) is 0 Å². The molecule has 0 atom stereocenters. The Morgan fingerprint density at radius 2 is 2.33 bits per heavy atom. The van der Waals surface area contributed by atoms with Crippen LogP contribution in [0.15, 0.2) is 12.2 Å². The van der Waals surface area contributed by atoms with Gasteiger partial charge < -0.3 is 5.73 Å². The van der Waals surface area contributed by atoms with Gasteiger partial charge in [0.15, 0.2) is 0 Å². The predicted molar refractivity (Wildman–Crippen MR) is 28.3 cm³/mol. The van der Waals surface area contributed by atoms with Gasteiger partial charge in [0.2, 0.25) is 0 Å². The second-order valence-electron chi connectivity index (χ2n) is 1.18. The first kappa shape index (κ1) is 5.57. The molecule has 0 spiro atoms. The summed E-state index contributed by atoms with van der Waals surface area (Å²) in [6.07, 6.45) is 0.698. The summed E-state index contributed by atoms with van der Waals surface area (Å²) < 4.78 is 0. The van der Waals surface area contributed by atoms with Crippen LogP contribution in [0.25, 0.3) is 5.73 Å². The molecule has 0 bridgehead atoms. The fraction of sp³-hybridized carbons (Fsp3) is 0.400. The van der Waals surface area contributed by atoms with Gasteiger partial charge in [0.1, 0.15) is 6.42 Å². The molecular formula is C5H9N. The predicted octanol–water partition coefficient (Wildman–Crippen LogP) is 1.82. The average Bonchev–Trinajstić information content (AvgIpc) is 1.65. The topological polar surface area (TPSA) is 23.8 Å². The fourth-order valence-corrected chi connectivity index (χ4v) is 0.0884. The summed E-state index contributed by atoms with van der Waals surface area (Å²) in [7, 11) is 0. The third kappa shape index (κ3) is 1.85. The maximum Gasteiger partial charge on any atom is 0.104 e. The number of hydrogen-bond donors (Lipinski definition) is 0. The van der Waals surface area contributed by atoms with Crippen LogP contribution in [0.2, 0.25) is 0 Å². The number of nitrogens with one attached hydrogen (secondary N) is 1. The molecule has 0 radical (unpaired) electrons. The van der Waals surface area contributed by atoms with E-state index in [0.29, 0.717) is 13.0 Å². The van der Waals surface area contributed by atoms with Crippen LogP contribution in [-0.2, 0) is 0 Å². The molecule has 0 aromatic carbocycles. The molecule has 0 aromatic heterocycles. The van der Waals surface area contributed by atoms with Crippen molar-refractivity contribution in [1.29, 1.82) is 0 Å². The van der Waals surface area contributed by atoms with Gasteiger partial charge in [-0.05, 0) is 0 Å². The second-order valence-corrected chi connectivity index (χ2v) is 1.18. The van der Waals surface area contributed by atoms with E-state index in [4.69, 9.17) is 5.73 Å². The molecule has 1 N–H and O–H groups in total. The lowest BCUT2D eigenvalue weighted by Gasteiger charge is -1.94. The molecule has 0 aliphatic carbocycles. The monoisotopic (exact) mass is 83.1 g/mol. The molecule has 0 heterocycles. The van der Waals surface area contributed by atoms with Gasteiger partial charge in [0, 0.05) is 0 Å². The molecular weight excluding hydrogens is 74.1 g/mol. The standard InChI is InChI=1S/C5H9N/c1-3-5(2)4-6/h6H,1-4H2. The molecule has 0 aliphatic heterocycles. The summed E-state index contributed by atoms with van der Waals surface area (Å²) in [5.74, 6) is 0. The molecule has 0 unspecified atom stereocenters. The highest BCUT2D eigenvalue weighted by Gasteiger charge is 1.79. The first-order valence-electron chi connectivity index (χ1n) is 1.91. The minimum Gasteiger partial charge on any atom is -0.674 e. The van der Waals surface area contributed by atoms with Crippen LogP contribution in [0, 0.1) is 6.92 Å². The number of hydrogen-bond acceptors (Lipinski definition) is 0.